The highest BCUT2D eigenvalue weighted by atomic mass is 32.2. The number of rotatable bonds is 10. The molecular formula is C80H54B2F3N5S. The lowest BCUT2D eigenvalue weighted by Crippen LogP contribution is -2.65. The maximum atomic E-state index is 19.5. The number of alkyl halides is 3. The third-order valence-corrected chi connectivity index (χ3v) is 16.5. The summed E-state index contributed by atoms with van der Waals surface area (Å²) in [5.74, 6) is 0. The number of nitrogens with zero attached hydrogens (tertiary/aromatic N) is 5. The van der Waals surface area contributed by atoms with Gasteiger partial charge in [-0.1, -0.05) is 211 Å². The van der Waals surface area contributed by atoms with Crippen LogP contribution < -0.4 is 57.3 Å². The first-order valence-electron chi connectivity index (χ1n) is 49.5. The van der Waals surface area contributed by atoms with Crippen LogP contribution >= 0.6 is 11.8 Å². The van der Waals surface area contributed by atoms with Crippen LogP contribution in [0.2, 0.25) is 0 Å². The Bertz CT molecular complexity index is 7460. The summed E-state index contributed by atoms with van der Waals surface area (Å²) in [5.41, 5.74) is -26.2. The van der Waals surface area contributed by atoms with Crippen LogP contribution in [0.3, 0.4) is 0 Å². The summed E-state index contributed by atoms with van der Waals surface area (Å²) in [6.07, 6.45) is -6.28. The Labute approximate surface area is 595 Å². The van der Waals surface area contributed by atoms with Crippen LogP contribution in [0.1, 0.15) is 72.8 Å². The first kappa shape index (κ1) is 25.2. The van der Waals surface area contributed by atoms with E-state index in [4.69, 9.17) is 21.9 Å². The standard InChI is InChI=1S/C80H54B2F3N5S/c1-53-27-26-40-60(47-53)87(57-34-14-5-15-35-57)62-50-73-77-74(51-62)91-79-67(82(77)65-43-22-25-46-70(65)89(73)59-38-18-7-19-39-59)52-66-78(75(79)80(83,84)85)90(68-44-23-20-41-63(68)54-28-8-2-9-29-54)72-49-61(86(55-30-10-3-11-31-55)56-32-12-4-13-33-56)48-71-76(72)81(66)64-42-21-24-45-69(64)88(71)58-36-16-6-17-37-58/h2-52H,1H3/i2D,3D,4D,5D,6D,7D,8D,9D,10D,11D,12D,13D,14D,15D,16D,17D,18D,19D,20D,21D,22D,23D,24D,25D,26D,27D,28D,29D,30D,31D,32D,33D,34D,35D,36D,37D,38D,39D,40D,42D,43D,44D,45D,46D,47D. The number of para-hydroxylation sites is 8. The van der Waals surface area contributed by atoms with E-state index in [0.29, 0.717) is 36.6 Å². The number of halogens is 3. The maximum absolute atomic E-state index is 19.5. The average Bonchev–Trinajstić information content (AvgIpc) is 0.664. The molecule has 4 aliphatic rings. The molecule has 0 fully saturated rings. The molecule has 0 aliphatic carbocycles. The van der Waals surface area contributed by atoms with Gasteiger partial charge in [-0.25, -0.2) is 0 Å². The van der Waals surface area contributed by atoms with Crippen molar-refractivity contribution < 1.29 is 74.9 Å². The van der Waals surface area contributed by atoms with Gasteiger partial charge in [0.15, 0.2) is 0 Å². The van der Waals surface area contributed by atoms with Crippen molar-refractivity contribution in [3.8, 4) is 11.1 Å². The third kappa shape index (κ3) is 8.89. The van der Waals surface area contributed by atoms with E-state index >= 15 is 13.2 Å². The van der Waals surface area contributed by atoms with Crippen LogP contribution in [0, 0.1) is 6.92 Å². The van der Waals surface area contributed by atoms with E-state index < -0.39 is 442 Å². The molecule has 0 saturated heterocycles. The fraction of sp³-hybridized carbons (Fsp3) is 0.0250. The number of benzene rings is 13. The molecule has 0 amide bonds. The average molecular weight is 1240 g/mol. The first-order chi connectivity index (χ1) is 63.4. The molecule has 17 rings (SSSR count). The minimum Gasteiger partial charge on any atom is -0.311 e. The van der Waals surface area contributed by atoms with Crippen molar-refractivity contribution in [2.24, 2.45) is 0 Å². The van der Waals surface area contributed by atoms with Crippen LogP contribution in [-0.2, 0) is 6.18 Å². The predicted molar refractivity (Wildman–Crippen MR) is 375 cm³/mol. The smallest absolute Gasteiger partial charge is 0.311 e. The van der Waals surface area contributed by atoms with Gasteiger partial charge >= 0.3 is 6.18 Å². The highest BCUT2D eigenvalue weighted by molar-refractivity contribution is 8.00. The first-order valence-corrected chi connectivity index (χ1v) is 27.8. The highest BCUT2D eigenvalue weighted by Gasteiger charge is 2.53. The zero-order valence-corrected chi connectivity index (χ0v) is 46.7. The number of anilines is 15. The highest BCUT2D eigenvalue weighted by Crippen LogP contribution is 2.56. The molecule has 432 valence electrons. The van der Waals surface area contributed by atoms with Crippen molar-refractivity contribution >= 4 is 143 Å². The topological polar surface area (TPSA) is 16.2 Å². The number of hydrogen-bond donors (Lipinski definition) is 0. The van der Waals surface area contributed by atoms with Crippen molar-refractivity contribution in [3.05, 3.63) is 319 Å². The maximum Gasteiger partial charge on any atom is 0.419 e. The molecule has 0 aromatic heterocycles. The van der Waals surface area contributed by atoms with E-state index in [1.165, 1.54) is 0 Å². The van der Waals surface area contributed by atoms with Gasteiger partial charge in [-0.05, 0) is 160 Å². The molecule has 5 nitrogen and oxygen atoms in total. The largest absolute Gasteiger partial charge is 0.419 e. The second-order valence-corrected chi connectivity index (χ2v) is 21.2. The van der Waals surface area contributed by atoms with E-state index in [-0.39, 0.29) is 11.8 Å². The summed E-state index contributed by atoms with van der Waals surface area (Å²) in [4.78, 5) is 0.653. The monoisotopic (exact) mass is 1240 g/mol. The molecule has 4 heterocycles. The van der Waals surface area contributed by atoms with Gasteiger partial charge in [-0.15, -0.1) is 0 Å². The van der Waals surface area contributed by atoms with Crippen molar-refractivity contribution in [1.82, 2.24) is 0 Å². The molecule has 0 bridgehead atoms. The van der Waals surface area contributed by atoms with Crippen LogP contribution in [0.15, 0.2) is 318 Å². The molecule has 11 heteroatoms. The minimum atomic E-state index is -6.28. The molecule has 0 radical (unpaired) electrons. The molecule has 13 aromatic rings. The fourth-order valence-electron chi connectivity index (χ4n) is 12.1. The summed E-state index contributed by atoms with van der Waals surface area (Å²) in [5, 5.41) is 0. The predicted octanol–water partition coefficient (Wildman–Crippen LogP) is 18.5. The van der Waals surface area contributed by atoms with Crippen LogP contribution in [0.5, 0.6) is 0 Å². The Morgan fingerprint density at radius 1 is 0.385 bits per heavy atom. The zero-order chi connectivity index (χ0) is 100. The van der Waals surface area contributed by atoms with Gasteiger partial charge in [0.05, 0.1) is 84.3 Å². The number of hydrogen-bond acceptors (Lipinski definition) is 6. The summed E-state index contributed by atoms with van der Waals surface area (Å²) >= 11 is -0.0277. The molecule has 4 aliphatic heterocycles. The van der Waals surface area contributed by atoms with Crippen molar-refractivity contribution in [1.29, 1.82) is 0 Å². The molecule has 0 N–H and O–H groups in total. The SMILES string of the molecule is [2H]c1cc(-c2c([2H])c([2H])c([2H])c([2H])c2[2H])c(N2c3cc(N(c4c([2H])c([2H])c([2H])c([2H])c4[2H])c4c([2H])c([2H])c([2H])c([2H])c4[2H])cc4c3B(c3cc5c(c(C(F)(F)F)c32)Sc2cc(N(c3c([2H])c([2H])c([2H])c([2H])c3[2H])c3c([2H])c([2H])c([2H])c(C)c3[2H])cc3c2B5c2c([2H])c([2H])c([2H])c([2H])c2N3c2c([2H])c([2H])c([2H])c([2H])c2[2H])c2c([2H])c([2H])c([2H])c([2H])c2N4c2c([2H])c([2H])c([2H])c([2H])c2[2H])c([2H])c1[2H]. The van der Waals surface area contributed by atoms with Crippen LogP contribution in [-0.4, -0.2) is 13.4 Å². The molecule has 91 heavy (non-hydrogen) atoms. The molecule has 0 unspecified atom stereocenters. The van der Waals surface area contributed by atoms with Crippen molar-refractivity contribution in [3.63, 3.8) is 0 Å². The Morgan fingerprint density at radius 3 is 1.38 bits per heavy atom. The van der Waals surface area contributed by atoms with E-state index in [9.17, 15) is 39.8 Å². The Balaban J connectivity index is 1.17. The number of fused-ring (bicyclic) bond motifs is 8. The van der Waals surface area contributed by atoms with E-state index in [0.717, 1.165) is 31.2 Å². The van der Waals surface area contributed by atoms with E-state index in [2.05, 4.69) is 0 Å². The van der Waals surface area contributed by atoms with Gasteiger partial charge in [0, 0.05) is 83.6 Å². The lowest BCUT2D eigenvalue weighted by Gasteiger charge is -2.47. The summed E-state index contributed by atoms with van der Waals surface area (Å²) in [6, 6.07) is -49.5. The van der Waals surface area contributed by atoms with Crippen LogP contribution in [0.4, 0.5) is 98.5 Å². The summed E-state index contributed by atoms with van der Waals surface area (Å²) < 4.78 is 484. The van der Waals surface area contributed by atoms with E-state index in [1.54, 1.807) is 0 Å². The third-order valence-electron chi connectivity index (χ3n) is 15.3. The summed E-state index contributed by atoms with van der Waals surface area (Å²) in [7, 11) is 0. The lowest BCUT2D eigenvalue weighted by atomic mass is 9.30. The molecule has 0 saturated carbocycles. The van der Waals surface area contributed by atoms with Gasteiger partial charge in [-0.2, -0.15) is 13.2 Å². The quantitative estimate of drug-likeness (QED) is 0.126. The Hall–Kier alpha value is -10.9. The van der Waals surface area contributed by atoms with E-state index in [1.807, 2.05) is 0 Å². The van der Waals surface area contributed by atoms with Gasteiger partial charge in [0.1, 0.15) is 0 Å². The zero-order valence-electron chi connectivity index (χ0n) is 90.9. The molecule has 0 spiro atoms. The molecule has 0 atom stereocenters. The van der Waals surface area contributed by atoms with Crippen molar-refractivity contribution in [2.45, 2.75) is 22.9 Å². The van der Waals surface area contributed by atoms with Gasteiger partial charge in [0.2, 0.25) is 6.71 Å². The van der Waals surface area contributed by atoms with Crippen molar-refractivity contribution in [2.75, 3.05) is 24.5 Å². The minimum absolute atomic E-state index is 0.0277. The lowest BCUT2D eigenvalue weighted by molar-refractivity contribution is -0.139. The van der Waals surface area contributed by atoms with Gasteiger partial charge in [-0.3, -0.25) is 0 Å². The Kier molecular flexibility index (Phi) is 6.01. The van der Waals surface area contributed by atoms with Gasteiger partial charge in [0.25, 0.3) is 6.71 Å². The second kappa shape index (κ2) is 21.7. The second-order valence-electron chi connectivity index (χ2n) is 20.2. The normalized spacial score (nSPS) is 20.0. The van der Waals surface area contributed by atoms with Gasteiger partial charge < -0.3 is 24.5 Å². The fourth-order valence-corrected chi connectivity index (χ4v) is 13.4. The summed E-state index contributed by atoms with van der Waals surface area (Å²) in [6.45, 7) is -3.87. The Morgan fingerprint density at radius 2 is 0.824 bits per heavy atom. The molecule has 13 aromatic carbocycles. The molecular weight excluding hydrogens is 1140 g/mol. The van der Waals surface area contributed by atoms with Crippen LogP contribution in [0.25, 0.3) is 11.1 Å².